The number of hydrogen-bond acceptors (Lipinski definition) is 9. The van der Waals surface area contributed by atoms with Crippen LogP contribution in [0.1, 0.15) is 36.3 Å². The van der Waals surface area contributed by atoms with Crippen molar-refractivity contribution in [2.45, 2.75) is 43.4 Å². The molecule has 1 aliphatic rings. The first-order valence-corrected chi connectivity index (χ1v) is 14.0. The van der Waals surface area contributed by atoms with E-state index in [1.54, 1.807) is 12.3 Å². The van der Waals surface area contributed by atoms with Gasteiger partial charge >= 0.3 is 0 Å². The molecule has 0 aromatic carbocycles. The maximum Gasteiger partial charge on any atom is 0.253 e. The molecular weight excluding hydrogens is 504 g/mol. The summed E-state index contributed by atoms with van der Waals surface area (Å²) in [5, 5.41) is 13.8. The zero-order valence-corrected chi connectivity index (χ0v) is 22.1. The summed E-state index contributed by atoms with van der Waals surface area (Å²) in [6, 6.07) is 12.7. The average Bonchev–Trinajstić information content (AvgIpc) is 3.18. The molecule has 2 N–H and O–H groups in total. The quantitative estimate of drug-likeness (QED) is 0.384. The van der Waals surface area contributed by atoms with Gasteiger partial charge in [-0.25, -0.2) is 18.4 Å². The molecule has 0 saturated carbocycles. The number of hydrogen-bond donors (Lipinski definition) is 2. The highest BCUT2D eigenvalue weighted by Gasteiger charge is 2.38. The highest BCUT2D eigenvalue weighted by atomic mass is 32.2. The predicted octanol–water partition coefficient (Wildman–Crippen LogP) is 2.77. The van der Waals surface area contributed by atoms with Gasteiger partial charge in [-0.05, 0) is 56.7 Å². The third kappa shape index (κ3) is 5.34. The zero-order chi connectivity index (χ0) is 27.1. The molecule has 1 amide bonds. The van der Waals surface area contributed by atoms with Crippen LogP contribution >= 0.6 is 0 Å². The highest BCUT2D eigenvalue weighted by molar-refractivity contribution is 7.90. The summed E-state index contributed by atoms with van der Waals surface area (Å²) >= 11 is 0. The number of aliphatic hydroxyl groups excluding tert-OH is 1. The molecule has 4 aromatic heterocycles. The molecule has 0 bridgehead atoms. The standard InChI is InChI=1S/C27H28N6O4S/c1-27(2)11-20(34)16-33(27)25-6-4-5-22(32-25)23-8-7-17-13-29-19(10-24(17)31-23)14-30-26(35)18-9-21(15-28-12-18)38(3,36)37/h4-10,12-13,15,20,34H,11,14,16H2,1-3H3,(H,30,35). The highest BCUT2D eigenvalue weighted by Crippen LogP contribution is 2.33. The number of pyridine rings is 4. The van der Waals surface area contributed by atoms with Crippen LogP contribution in [0.2, 0.25) is 0 Å². The number of aromatic nitrogens is 4. The molecule has 1 aliphatic heterocycles. The number of sulfone groups is 1. The van der Waals surface area contributed by atoms with Crippen LogP contribution < -0.4 is 10.2 Å². The van der Waals surface area contributed by atoms with Crippen LogP contribution in [0, 0.1) is 0 Å². The van der Waals surface area contributed by atoms with Gasteiger partial charge in [0.25, 0.3) is 5.91 Å². The summed E-state index contributed by atoms with van der Waals surface area (Å²) in [4.78, 5) is 32.6. The van der Waals surface area contributed by atoms with E-state index in [-0.39, 0.29) is 28.6 Å². The van der Waals surface area contributed by atoms with E-state index in [9.17, 15) is 18.3 Å². The number of amides is 1. The van der Waals surface area contributed by atoms with Crippen molar-refractivity contribution in [2.75, 3.05) is 17.7 Å². The van der Waals surface area contributed by atoms with Crippen molar-refractivity contribution >= 4 is 32.5 Å². The number of anilines is 1. The molecule has 1 saturated heterocycles. The summed E-state index contributed by atoms with van der Waals surface area (Å²) in [6.07, 6.45) is 5.57. The van der Waals surface area contributed by atoms with Crippen molar-refractivity contribution in [1.82, 2.24) is 25.3 Å². The monoisotopic (exact) mass is 532 g/mol. The van der Waals surface area contributed by atoms with Gasteiger partial charge in [0.05, 0.1) is 45.7 Å². The molecule has 38 heavy (non-hydrogen) atoms. The molecule has 0 aliphatic carbocycles. The average molecular weight is 533 g/mol. The Bertz CT molecular complexity index is 1640. The van der Waals surface area contributed by atoms with Crippen LogP contribution in [0.15, 0.2) is 66.0 Å². The van der Waals surface area contributed by atoms with E-state index in [4.69, 9.17) is 9.97 Å². The van der Waals surface area contributed by atoms with Crippen molar-refractivity contribution in [1.29, 1.82) is 0 Å². The molecule has 11 heteroatoms. The smallest absolute Gasteiger partial charge is 0.253 e. The lowest BCUT2D eigenvalue weighted by Crippen LogP contribution is -2.38. The van der Waals surface area contributed by atoms with Gasteiger partial charge in [-0.2, -0.15) is 0 Å². The molecule has 5 rings (SSSR count). The second kappa shape index (κ2) is 9.73. The van der Waals surface area contributed by atoms with Crippen LogP contribution in [-0.4, -0.2) is 63.8 Å². The molecule has 0 radical (unpaired) electrons. The van der Waals surface area contributed by atoms with E-state index in [0.29, 0.717) is 35.6 Å². The number of β-amino-alcohol motifs (C(OH)–C–C–N with tert-alkyl or cyclic N) is 1. The minimum Gasteiger partial charge on any atom is -0.391 e. The van der Waals surface area contributed by atoms with Crippen molar-refractivity contribution in [3.63, 3.8) is 0 Å². The SMILES string of the molecule is CC1(C)CC(O)CN1c1cccc(-c2ccc3cnc(CNC(=O)c4cncc(S(C)(=O)=O)c4)cc3n2)n1. The largest absolute Gasteiger partial charge is 0.391 e. The molecule has 1 atom stereocenters. The zero-order valence-electron chi connectivity index (χ0n) is 21.3. The predicted molar refractivity (Wildman–Crippen MR) is 143 cm³/mol. The Morgan fingerprint density at radius 2 is 1.89 bits per heavy atom. The minimum absolute atomic E-state index is 0.0205. The molecule has 0 spiro atoms. The molecule has 1 fully saturated rings. The van der Waals surface area contributed by atoms with Crippen LogP contribution in [0.4, 0.5) is 5.82 Å². The summed E-state index contributed by atoms with van der Waals surface area (Å²) < 4.78 is 23.5. The van der Waals surface area contributed by atoms with Gasteiger partial charge in [-0.1, -0.05) is 6.07 Å². The topological polar surface area (TPSA) is 138 Å². The second-order valence-corrected chi connectivity index (χ2v) is 12.1. The molecule has 10 nitrogen and oxygen atoms in total. The number of fused-ring (bicyclic) bond motifs is 1. The summed E-state index contributed by atoms with van der Waals surface area (Å²) in [5.74, 6) is 0.334. The number of carbonyl (C=O) groups excluding carboxylic acids is 1. The number of nitrogens with zero attached hydrogens (tertiary/aromatic N) is 5. The van der Waals surface area contributed by atoms with E-state index >= 15 is 0 Å². The van der Waals surface area contributed by atoms with Crippen molar-refractivity contribution < 1.29 is 18.3 Å². The van der Waals surface area contributed by atoms with Gasteiger partial charge in [-0.3, -0.25) is 14.8 Å². The summed E-state index contributed by atoms with van der Waals surface area (Å²) in [5.41, 5.74) is 2.65. The maximum atomic E-state index is 12.6. The summed E-state index contributed by atoms with van der Waals surface area (Å²) in [6.45, 7) is 4.85. The number of rotatable bonds is 6. The van der Waals surface area contributed by atoms with E-state index < -0.39 is 15.7 Å². The van der Waals surface area contributed by atoms with E-state index in [1.807, 2.05) is 30.3 Å². The first kappa shape index (κ1) is 25.7. The minimum atomic E-state index is -3.48. The number of nitrogens with one attached hydrogen (secondary N) is 1. The lowest BCUT2D eigenvalue weighted by Gasteiger charge is -2.32. The lowest BCUT2D eigenvalue weighted by atomic mass is 10.0. The van der Waals surface area contributed by atoms with Gasteiger partial charge < -0.3 is 15.3 Å². The fourth-order valence-electron chi connectivity index (χ4n) is 4.65. The normalized spacial score (nSPS) is 17.1. The van der Waals surface area contributed by atoms with E-state index in [2.05, 4.69) is 34.0 Å². The maximum absolute atomic E-state index is 12.6. The van der Waals surface area contributed by atoms with Crippen molar-refractivity contribution in [2.24, 2.45) is 0 Å². The molecule has 4 aromatic rings. The Kier molecular flexibility index (Phi) is 6.58. The van der Waals surface area contributed by atoms with Crippen molar-refractivity contribution in [3.05, 3.63) is 72.3 Å². The Balaban J connectivity index is 1.36. The molecule has 1 unspecified atom stereocenters. The van der Waals surface area contributed by atoms with E-state index in [1.165, 1.54) is 18.5 Å². The Morgan fingerprint density at radius 3 is 2.63 bits per heavy atom. The molecule has 196 valence electrons. The first-order valence-electron chi connectivity index (χ1n) is 12.1. The van der Waals surface area contributed by atoms with Gasteiger partial charge in [0.1, 0.15) is 5.82 Å². The molecular formula is C27H28N6O4S. The summed E-state index contributed by atoms with van der Waals surface area (Å²) in [7, 11) is -3.48. The second-order valence-electron chi connectivity index (χ2n) is 10.1. The van der Waals surface area contributed by atoms with Crippen molar-refractivity contribution in [3.8, 4) is 11.4 Å². The van der Waals surface area contributed by atoms with Crippen LogP contribution in [0.25, 0.3) is 22.3 Å². The van der Waals surface area contributed by atoms with Crippen LogP contribution in [0.5, 0.6) is 0 Å². The Labute approximate surface area is 220 Å². The molecule has 5 heterocycles. The van der Waals surface area contributed by atoms with Crippen LogP contribution in [-0.2, 0) is 16.4 Å². The fourth-order valence-corrected chi connectivity index (χ4v) is 5.24. The third-order valence-corrected chi connectivity index (χ3v) is 7.68. The Morgan fingerprint density at radius 1 is 1.11 bits per heavy atom. The fraction of sp³-hybridized carbons (Fsp3) is 0.296. The number of aliphatic hydroxyl groups is 1. The van der Waals surface area contributed by atoms with Gasteiger partial charge in [0.2, 0.25) is 0 Å². The number of carbonyl (C=O) groups is 1. The third-order valence-electron chi connectivity index (χ3n) is 6.60. The first-order chi connectivity index (χ1) is 18.0. The Hall–Kier alpha value is -3.96. The van der Waals surface area contributed by atoms with Crippen LogP contribution in [0.3, 0.4) is 0 Å². The van der Waals surface area contributed by atoms with E-state index in [0.717, 1.165) is 17.5 Å². The van der Waals surface area contributed by atoms with Gasteiger partial charge in [0.15, 0.2) is 9.84 Å². The lowest BCUT2D eigenvalue weighted by molar-refractivity contribution is 0.0949. The van der Waals surface area contributed by atoms with Gasteiger partial charge in [0, 0.05) is 42.3 Å². The van der Waals surface area contributed by atoms with Gasteiger partial charge in [-0.15, -0.1) is 0 Å².